The lowest BCUT2D eigenvalue weighted by atomic mass is 10.1. The number of anilines is 1. The quantitative estimate of drug-likeness (QED) is 0.764. The molecule has 3 rings (SSSR count). The molecule has 2 aliphatic heterocycles. The van der Waals surface area contributed by atoms with E-state index in [4.69, 9.17) is 4.74 Å². The van der Waals surface area contributed by atoms with Gasteiger partial charge in [-0.25, -0.2) is 0 Å². The number of fused-ring (bicyclic) bond motifs is 1. The van der Waals surface area contributed by atoms with Crippen LogP contribution in [0.3, 0.4) is 0 Å². The zero-order valence-corrected chi connectivity index (χ0v) is 11.7. The van der Waals surface area contributed by atoms with Crippen LogP contribution in [-0.2, 0) is 20.9 Å². The number of hydrogen-bond acceptors (Lipinski definition) is 4. The van der Waals surface area contributed by atoms with Gasteiger partial charge in [-0.15, -0.1) is 0 Å². The zero-order valence-electron chi connectivity index (χ0n) is 11.7. The standard InChI is InChI=1S/C15H16N2O4/c1-16-9-10-8-11(2-3-12(10)14(16)19)17-5-7-21-13(4-6-18)15(17)20/h2-3,6,8,13H,4-5,7,9H2,1H3/t13-/m1/s1. The molecule has 21 heavy (non-hydrogen) atoms. The number of hydrogen-bond donors (Lipinski definition) is 0. The number of rotatable bonds is 3. The van der Waals surface area contributed by atoms with E-state index in [9.17, 15) is 14.4 Å². The van der Waals surface area contributed by atoms with Crippen LogP contribution in [0.4, 0.5) is 5.69 Å². The molecule has 2 heterocycles. The average molecular weight is 288 g/mol. The minimum Gasteiger partial charge on any atom is -0.366 e. The predicted octanol–water partition coefficient (Wildman–Crippen LogP) is 0.593. The first-order valence-electron chi connectivity index (χ1n) is 6.87. The van der Waals surface area contributed by atoms with Crippen molar-refractivity contribution in [2.75, 3.05) is 25.1 Å². The molecular weight excluding hydrogens is 272 g/mol. The lowest BCUT2D eigenvalue weighted by Gasteiger charge is -2.32. The second kappa shape index (κ2) is 5.29. The largest absolute Gasteiger partial charge is 0.366 e. The van der Waals surface area contributed by atoms with Gasteiger partial charge >= 0.3 is 0 Å². The van der Waals surface area contributed by atoms with Crippen molar-refractivity contribution in [3.05, 3.63) is 29.3 Å². The lowest BCUT2D eigenvalue weighted by molar-refractivity contribution is -0.136. The lowest BCUT2D eigenvalue weighted by Crippen LogP contribution is -2.48. The summed E-state index contributed by atoms with van der Waals surface area (Å²) in [6.45, 7) is 1.41. The number of amides is 2. The van der Waals surface area contributed by atoms with Gasteiger partial charge in [-0.3, -0.25) is 9.59 Å². The second-order valence-corrected chi connectivity index (χ2v) is 5.25. The summed E-state index contributed by atoms with van der Waals surface area (Å²) < 4.78 is 5.32. The van der Waals surface area contributed by atoms with Gasteiger partial charge in [0.15, 0.2) is 0 Å². The van der Waals surface area contributed by atoms with E-state index in [1.807, 2.05) is 6.07 Å². The number of nitrogens with zero attached hydrogens (tertiary/aromatic N) is 2. The molecule has 110 valence electrons. The molecule has 1 aromatic rings. The van der Waals surface area contributed by atoms with Crippen LogP contribution < -0.4 is 4.90 Å². The van der Waals surface area contributed by atoms with Gasteiger partial charge in [-0.05, 0) is 23.8 Å². The van der Waals surface area contributed by atoms with Crippen molar-refractivity contribution < 1.29 is 19.1 Å². The fraction of sp³-hybridized carbons (Fsp3) is 0.400. The molecular formula is C15H16N2O4. The molecule has 2 aliphatic rings. The fourth-order valence-corrected chi connectivity index (χ4v) is 2.77. The Labute approximate surface area is 122 Å². The number of ether oxygens (including phenoxy) is 1. The average Bonchev–Trinajstić information content (AvgIpc) is 2.76. The molecule has 0 aliphatic carbocycles. The predicted molar refractivity (Wildman–Crippen MR) is 75.0 cm³/mol. The Kier molecular flexibility index (Phi) is 3.47. The van der Waals surface area contributed by atoms with E-state index < -0.39 is 6.10 Å². The summed E-state index contributed by atoms with van der Waals surface area (Å²) in [6, 6.07) is 5.41. The molecule has 0 aromatic heterocycles. The normalized spacial score (nSPS) is 21.7. The van der Waals surface area contributed by atoms with Crippen LogP contribution in [0.1, 0.15) is 22.3 Å². The molecule has 0 spiro atoms. The molecule has 0 unspecified atom stereocenters. The van der Waals surface area contributed by atoms with Crippen LogP contribution in [0, 0.1) is 0 Å². The second-order valence-electron chi connectivity index (χ2n) is 5.25. The van der Waals surface area contributed by atoms with Crippen molar-refractivity contribution in [1.82, 2.24) is 4.90 Å². The minimum atomic E-state index is -0.700. The van der Waals surface area contributed by atoms with Crippen molar-refractivity contribution >= 4 is 23.8 Å². The molecule has 6 nitrogen and oxygen atoms in total. The summed E-state index contributed by atoms with van der Waals surface area (Å²) in [5.41, 5.74) is 2.36. The third kappa shape index (κ3) is 2.31. The molecule has 1 aromatic carbocycles. The number of morpholine rings is 1. The number of carbonyl (C=O) groups is 3. The molecule has 1 atom stereocenters. The maximum atomic E-state index is 12.3. The van der Waals surface area contributed by atoms with Gasteiger partial charge in [-0.1, -0.05) is 0 Å². The van der Waals surface area contributed by atoms with Gasteiger partial charge in [-0.2, -0.15) is 0 Å². The van der Waals surface area contributed by atoms with Gasteiger partial charge in [0.25, 0.3) is 11.8 Å². The Morgan fingerprint density at radius 1 is 1.38 bits per heavy atom. The topological polar surface area (TPSA) is 66.9 Å². The minimum absolute atomic E-state index is 0.00341. The highest BCUT2D eigenvalue weighted by Gasteiger charge is 2.31. The van der Waals surface area contributed by atoms with E-state index in [0.29, 0.717) is 31.5 Å². The van der Waals surface area contributed by atoms with Crippen LogP contribution in [0.5, 0.6) is 0 Å². The third-order valence-electron chi connectivity index (χ3n) is 3.87. The van der Waals surface area contributed by atoms with Gasteiger partial charge in [0.1, 0.15) is 12.4 Å². The zero-order chi connectivity index (χ0) is 15.0. The molecule has 0 N–H and O–H groups in total. The van der Waals surface area contributed by atoms with E-state index in [1.54, 1.807) is 29.0 Å². The van der Waals surface area contributed by atoms with Gasteiger partial charge in [0.05, 0.1) is 6.61 Å². The first kappa shape index (κ1) is 13.8. The summed E-state index contributed by atoms with van der Waals surface area (Å²) in [5.74, 6) is -0.199. The summed E-state index contributed by atoms with van der Waals surface area (Å²) in [5, 5.41) is 0. The number of aldehydes is 1. The summed E-state index contributed by atoms with van der Waals surface area (Å²) in [4.78, 5) is 38.0. The van der Waals surface area contributed by atoms with E-state index in [2.05, 4.69) is 0 Å². The Bertz CT molecular complexity index is 614. The van der Waals surface area contributed by atoms with Crippen LogP contribution in [0.2, 0.25) is 0 Å². The van der Waals surface area contributed by atoms with E-state index in [-0.39, 0.29) is 18.2 Å². The Hall–Kier alpha value is -2.21. The van der Waals surface area contributed by atoms with Crippen molar-refractivity contribution in [3.63, 3.8) is 0 Å². The van der Waals surface area contributed by atoms with Gasteiger partial charge in [0.2, 0.25) is 0 Å². The molecule has 6 heteroatoms. The first-order chi connectivity index (χ1) is 10.1. The molecule has 0 saturated carbocycles. The fourth-order valence-electron chi connectivity index (χ4n) is 2.77. The first-order valence-corrected chi connectivity index (χ1v) is 6.87. The molecule has 1 fully saturated rings. The maximum Gasteiger partial charge on any atom is 0.256 e. The van der Waals surface area contributed by atoms with Crippen molar-refractivity contribution in [3.8, 4) is 0 Å². The van der Waals surface area contributed by atoms with Crippen LogP contribution in [0.15, 0.2) is 18.2 Å². The molecule has 0 radical (unpaired) electrons. The van der Waals surface area contributed by atoms with Gasteiger partial charge < -0.3 is 19.3 Å². The molecule has 0 bridgehead atoms. The van der Waals surface area contributed by atoms with Crippen molar-refractivity contribution in [2.24, 2.45) is 0 Å². The van der Waals surface area contributed by atoms with Crippen molar-refractivity contribution in [1.29, 1.82) is 0 Å². The highest BCUT2D eigenvalue weighted by Crippen LogP contribution is 2.28. The SMILES string of the molecule is CN1Cc2cc(N3CCO[C@H](CC=O)C3=O)ccc2C1=O. The molecule has 2 amide bonds. The van der Waals surface area contributed by atoms with E-state index >= 15 is 0 Å². The maximum absolute atomic E-state index is 12.3. The summed E-state index contributed by atoms with van der Waals surface area (Å²) in [7, 11) is 1.75. The Morgan fingerprint density at radius 2 is 2.19 bits per heavy atom. The highest BCUT2D eigenvalue weighted by atomic mass is 16.5. The number of benzene rings is 1. The third-order valence-corrected chi connectivity index (χ3v) is 3.87. The summed E-state index contributed by atoms with van der Waals surface area (Å²) in [6.07, 6.45) is 0.0676. The van der Waals surface area contributed by atoms with Gasteiger partial charge in [0, 0.05) is 37.8 Å². The highest BCUT2D eigenvalue weighted by molar-refractivity contribution is 6.01. The molecule has 1 saturated heterocycles. The van der Waals surface area contributed by atoms with Crippen LogP contribution in [0.25, 0.3) is 0 Å². The van der Waals surface area contributed by atoms with Crippen LogP contribution in [-0.4, -0.2) is 49.3 Å². The monoisotopic (exact) mass is 288 g/mol. The smallest absolute Gasteiger partial charge is 0.256 e. The Balaban J connectivity index is 1.88. The van der Waals surface area contributed by atoms with E-state index in [1.165, 1.54) is 0 Å². The summed E-state index contributed by atoms with van der Waals surface area (Å²) >= 11 is 0. The Morgan fingerprint density at radius 3 is 2.95 bits per heavy atom. The van der Waals surface area contributed by atoms with E-state index in [0.717, 1.165) is 11.3 Å². The number of carbonyl (C=O) groups excluding carboxylic acids is 3. The van der Waals surface area contributed by atoms with Crippen LogP contribution >= 0.6 is 0 Å². The van der Waals surface area contributed by atoms with Crippen molar-refractivity contribution in [2.45, 2.75) is 19.1 Å².